The van der Waals surface area contributed by atoms with Crippen LogP contribution in [0.2, 0.25) is 0 Å². The maximum Gasteiger partial charge on any atom is 0.211 e. The number of methoxy groups -OCH3 is 1. The highest BCUT2D eigenvalue weighted by Crippen LogP contribution is 2.04. The zero-order chi connectivity index (χ0) is 12.6. The van der Waals surface area contributed by atoms with Gasteiger partial charge in [0.2, 0.25) is 10.0 Å². The van der Waals surface area contributed by atoms with E-state index in [1.165, 1.54) is 0 Å². The Morgan fingerprint density at radius 3 is 2.38 bits per heavy atom. The van der Waals surface area contributed by atoms with Crippen LogP contribution in [-0.4, -0.2) is 39.8 Å². The number of hydrogen-bond acceptors (Lipinski definition) is 3. The summed E-state index contributed by atoms with van der Waals surface area (Å²) >= 11 is 5.60. The molecule has 0 bridgehead atoms. The number of ether oxygens (including phenoxy) is 1. The van der Waals surface area contributed by atoms with Crippen molar-refractivity contribution in [2.45, 2.75) is 32.7 Å². The van der Waals surface area contributed by atoms with Gasteiger partial charge in [-0.1, -0.05) is 13.8 Å². The topological polar surface area (TPSA) is 55.4 Å². The van der Waals surface area contributed by atoms with Crippen LogP contribution in [0.1, 0.15) is 26.7 Å². The van der Waals surface area contributed by atoms with Gasteiger partial charge in [-0.2, -0.15) is 0 Å². The minimum absolute atomic E-state index is 0.160. The third-order valence-electron chi connectivity index (χ3n) is 2.14. The van der Waals surface area contributed by atoms with Gasteiger partial charge in [-0.25, -0.2) is 13.1 Å². The molecule has 1 N–H and O–H groups in total. The molecule has 0 spiro atoms. The second-order valence-electron chi connectivity index (χ2n) is 4.25. The molecule has 0 radical (unpaired) electrons. The van der Waals surface area contributed by atoms with E-state index in [2.05, 4.69) is 4.72 Å². The van der Waals surface area contributed by atoms with Crippen molar-refractivity contribution in [3.05, 3.63) is 0 Å². The summed E-state index contributed by atoms with van der Waals surface area (Å²) in [4.78, 5) is 0. The SMILES string of the molecule is COCC(CCCl)NS(=O)(=O)CCC(C)C. The minimum atomic E-state index is -3.21. The number of alkyl halides is 1. The number of halogens is 1. The number of hydrogen-bond donors (Lipinski definition) is 1. The average Bonchev–Trinajstić information content (AvgIpc) is 2.15. The predicted octanol–water partition coefficient (Wildman–Crippen LogP) is 1.60. The summed E-state index contributed by atoms with van der Waals surface area (Å²) in [6.45, 7) is 4.36. The molecule has 0 aliphatic heterocycles. The monoisotopic (exact) mass is 271 g/mol. The summed E-state index contributed by atoms with van der Waals surface area (Å²) in [5.74, 6) is 0.957. The van der Waals surface area contributed by atoms with Crippen molar-refractivity contribution in [2.75, 3.05) is 25.3 Å². The molecule has 0 rings (SSSR count). The van der Waals surface area contributed by atoms with E-state index >= 15 is 0 Å². The van der Waals surface area contributed by atoms with Crippen molar-refractivity contribution in [1.29, 1.82) is 0 Å². The van der Waals surface area contributed by atoms with Gasteiger partial charge in [0.1, 0.15) is 0 Å². The summed E-state index contributed by atoms with van der Waals surface area (Å²) in [7, 11) is -1.66. The first-order chi connectivity index (χ1) is 7.41. The van der Waals surface area contributed by atoms with Gasteiger partial charge >= 0.3 is 0 Å². The largest absolute Gasteiger partial charge is 0.383 e. The fourth-order valence-electron chi connectivity index (χ4n) is 1.21. The van der Waals surface area contributed by atoms with Crippen molar-refractivity contribution >= 4 is 21.6 Å². The molecule has 0 aromatic rings. The fraction of sp³-hybridized carbons (Fsp3) is 1.00. The quantitative estimate of drug-likeness (QED) is 0.648. The third-order valence-corrected chi connectivity index (χ3v) is 3.82. The zero-order valence-corrected chi connectivity index (χ0v) is 11.8. The van der Waals surface area contributed by atoms with Crippen molar-refractivity contribution in [2.24, 2.45) is 5.92 Å². The van der Waals surface area contributed by atoms with E-state index < -0.39 is 10.0 Å². The van der Waals surface area contributed by atoms with Gasteiger partial charge < -0.3 is 4.74 Å². The third kappa shape index (κ3) is 8.33. The second-order valence-corrected chi connectivity index (χ2v) is 6.50. The molecule has 0 saturated heterocycles. The molecular formula is C10H22ClNO3S. The van der Waals surface area contributed by atoms with Crippen LogP contribution in [0.4, 0.5) is 0 Å². The molecule has 0 amide bonds. The zero-order valence-electron chi connectivity index (χ0n) is 10.2. The minimum Gasteiger partial charge on any atom is -0.383 e. The highest BCUT2D eigenvalue weighted by Gasteiger charge is 2.17. The highest BCUT2D eigenvalue weighted by molar-refractivity contribution is 7.89. The molecule has 0 aliphatic rings. The second kappa shape index (κ2) is 8.28. The van der Waals surface area contributed by atoms with Crippen molar-refractivity contribution in [3.63, 3.8) is 0 Å². The lowest BCUT2D eigenvalue weighted by Gasteiger charge is -2.17. The first-order valence-corrected chi connectivity index (χ1v) is 7.65. The van der Waals surface area contributed by atoms with Crippen LogP contribution in [0.25, 0.3) is 0 Å². The van der Waals surface area contributed by atoms with Gasteiger partial charge in [-0.3, -0.25) is 0 Å². The Balaban J connectivity index is 4.18. The van der Waals surface area contributed by atoms with Crippen LogP contribution >= 0.6 is 11.6 Å². The molecule has 98 valence electrons. The van der Waals surface area contributed by atoms with Crippen LogP contribution in [0.5, 0.6) is 0 Å². The Bertz CT molecular complexity index is 261. The van der Waals surface area contributed by atoms with Crippen LogP contribution in [0.3, 0.4) is 0 Å². The Hall–Kier alpha value is 0.160. The molecule has 1 atom stereocenters. The first-order valence-electron chi connectivity index (χ1n) is 5.46. The van der Waals surface area contributed by atoms with E-state index in [9.17, 15) is 8.42 Å². The van der Waals surface area contributed by atoms with E-state index in [1.807, 2.05) is 13.8 Å². The molecule has 0 aromatic heterocycles. The molecule has 0 aliphatic carbocycles. The molecule has 16 heavy (non-hydrogen) atoms. The van der Waals surface area contributed by atoms with Gasteiger partial charge in [0, 0.05) is 19.0 Å². The molecule has 4 nitrogen and oxygen atoms in total. The van der Waals surface area contributed by atoms with Crippen LogP contribution in [0, 0.1) is 5.92 Å². The summed E-state index contributed by atoms with van der Waals surface area (Å²) < 4.78 is 30.9. The van der Waals surface area contributed by atoms with Gasteiger partial charge in [0.15, 0.2) is 0 Å². The normalized spacial score (nSPS) is 14.3. The lowest BCUT2D eigenvalue weighted by Crippen LogP contribution is -2.39. The smallest absolute Gasteiger partial charge is 0.211 e. The molecule has 0 fully saturated rings. The molecule has 0 heterocycles. The standard InChI is InChI=1S/C10H22ClNO3S/c1-9(2)5-7-16(13,14)12-10(4-6-11)8-15-3/h9-10,12H,4-8H2,1-3H3. The Morgan fingerprint density at radius 1 is 1.31 bits per heavy atom. The van der Waals surface area contributed by atoms with Crippen LogP contribution in [0.15, 0.2) is 0 Å². The number of nitrogens with one attached hydrogen (secondary N) is 1. The van der Waals surface area contributed by atoms with E-state index in [-0.39, 0.29) is 11.8 Å². The highest BCUT2D eigenvalue weighted by atomic mass is 35.5. The Labute approximate surface area is 104 Å². The summed E-state index contributed by atoms with van der Waals surface area (Å²) in [5.41, 5.74) is 0. The maximum absolute atomic E-state index is 11.7. The first kappa shape index (κ1) is 16.2. The van der Waals surface area contributed by atoms with Crippen molar-refractivity contribution in [3.8, 4) is 0 Å². The maximum atomic E-state index is 11.7. The summed E-state index contributed by atoms with van der Waals surface area (Å²) in [6, 6.07) is -0.223. The molecule has 6 heteroatoms. The number of sulfonamides is 1. The van der Waals surface area contributed by atoms with E-state index in [4.69, 9.17) is 16.3 Å². The van der Waals surface area contributed by atoms with Gasteiger partial charge in [0.25, 0.3) is 0 Å². The summed E-state index contributed by atoms with van der Waals surface area (Å²) in [5, 5.41) is 0. The van der Waals surface area contributed by atoms with Gasteiger partial charge in [0.05, 0.1) is 12.4 Å². The molecule has 0 saturated carbocycles. The fourth-order valence-corrected chi connectivity index (χ4v) is 3.07. The molecular weight excluding hydrogens is 250 g/mol. The Morgan fingerprint density at radius 2 is 1.94 bits per heavy atom. The molecule has 0 aromatic carbocycles. The van der Waals surface area contributed by atoms with Gasteiger partial charge in [-0.15, -0.1) is 11.6 Å². The lowest BCUT2D eigenvalue weighted by atomic mass is 10.2. The van der Waals surface area contributed by atoms with Crippen LogP contribution in [-0.2, 0) is 14.8 Å². The van der Waals surface area contributed by atoms with Crippen molar-refractivity contribution < 1.29 is 13.2 Å². The van der Waals surface area contributed by atoms with E-state index in [0.717, 1.165) is 0 Å². The van der Waals surface area contributed by atoms with Crippen molar-refractivity contribution in [1.82, 2.24) is 4.72 Å². The van der Waals surface area contributed by atoms with E-state index in [1.54, 1.807) is 7.11 Å². The summed E-state index contributed by atoms with van der Waals surface area (Å²) in [6.07, 6.45) is 1.24. The number of rotatable bonds is 9. The average molecular weight is 272 g/mol. The lowest BCUT2D eigenvalue weighted by molar-refractivity contribution is 0.173. The Kier molecular flexibility index (Phi) is 8.36. The van der Waals surface area contributed by atoms with Crippen LogP contribution < -0.4 is 4.72 Å². The van der Waals surface area contributed by atoms with E-state index in [0.29, 0.717) is 31.2 Å². The molecule has 1 unspecified atom stereocenters. The van der Waals surface area contributed by atoms with Gasteiger partial charge in [-0.05, 0) is 18.8 Å². The predicted molar refractivity (Wildman–Crippen MR) is 67.4 cm³/mol.